The van der Waals surface area contributed by atoms with Crippen molar-refractivity contribution in [2.75, 3.05) is 5.88 Å². The van der Waals surface area contributed by atoms with Gasteiger partial charge >= 0.3 is 0 Å². The van der Waals surface area contributed by atoms with Crippen LogP contribution in [-0.2, 0) is 11.2 Å². The Balaban J connectivity index is 2.07. The maximum atomic E-state index is 12.4. The summed E-state index contributed by atoms with van der Waals surface area (Å²) >= 11 is 12.1. The summed E-state index contributed by atoms with van der Waals surface area (Å²) in [6.45, 7) is 2.26. The number of unbranched alkanes of at least 4 members (excludes halogenated alkanes) is 10. The van der Waals surface area contributed by atoms with Gasteiger partial charge < -0.3 is 0 Å². The van der Waals surface area contributed by atoms with Crippen LogP contribution in [-0.4, -0.2) is 11.7 Å². The maximum Gasteiger partial charge on any atom is 0.137 e. The van der Waals surface area contributed by atoms with Gasteiger partial charge in [0, 0.05) is 23.2 Å². The Morgan fingerprint density at radius 3 is 2.04 bits per heavy atom. The van der Waals surface area contributed by atoms with E-state index in [4.69, 9.17) is 23.2 Å². The van der Waals surface area contributed by atoms with Gasteiger partial charge in [0.05, 0.1) is 0 Å². The van der Waals surface area contributed by atoms with Crippen molar-refractivity contribution in [2.24, 2.45) is 5.92 Å². The Hall–Kier alpha value is -0.530. The second-order valence-electron chi connectivity index (χ2n) is 7.44. The van der Waals surface area contributed by atoms with Crippen molar-refractivity contribution in [3.05, 3.63) is 34.9 Å². The van der Waals surface area contributed by atoms with Crippen molar-refractivity contribution in [3.63, 3.8) is 0 Å². The molecule has 0 aliphatic rings. The number of hydrogen-bond donors (Lipinski definition) is 0. The first-order valence-electron chi connectivity index (χ1n) is 10.5. The SMILES string of the molecule is CCCCCCCCCCCCCC(=O)C(CCl)Cc1cccc(Cl)c1. The average molecular weight is 399 g/mol. The third-order valence-corrected chi connectivity index (χ3v) is 5.65. The van der Waals surface area contributed by atoms with Crippen LogP contribution in [0.5, 0.6) is 0 Å². The smallest absolute Gasteiger partial charge is 0.137 e. The lowest BCUT2D eigenvalue weighted by Crippen LogP contribution is -2.18. The lowest BCUT2D eigenvalue weighted by molar-refractivity contribution is -0.122. The van der Waals surface area contributed by atoms with Gasteiger partial charge in [0.15, 0.2) is 0 Å². The van der Waals surface area contributed by atoms with Crippen LogP contribution < -0.4 is 0 Å². The fourth-order valence-electron chi connectivity index (χ4n) is 3.37. The molecule has 26 heavy (non-hydrogen) atoms. The highest BCUT2D eigenvalue weighted by atomic mass is 35.5. The molecule has 0 saturated heterocycles. The molecule has 0 radical (unpaired) electrons. The monoisotopic (exact) mass is 398 g/mol. The van der Waals surface area contributed by atoms with Gasteiger partial charge in [0.25, 0.3) is 0 Å². The standard InChI is InChI=1S/C23H36Cl2O/c1-2-3-4-5-6-7-8-9-10-11-12-16-23(26)21(19-24)17-20-14-13-15-22(25)18-20/h13-15,18,21H,2-12,16-17,19H2,1H3. The molecule has 1 unspecified atom stereocenters. The Kier molecular flexibility index (Phi) is 14.0. The summed E-state index contributed by atoms with van der Waals surface area (Å²) in [6, 6.07) is 7.72. The zero-order chi connectivity index (χ0) is 19.0. The third-order valence-electron chi connectivity index (χ3n) is 5.04. The lowest BCUT2D eigenvalue weighted by Gasteiger charge is -2.13. The van der Waals surface area contributed by atoms with E-state index in [0.717, 1.165) is 18.4 Å². The van der Waals surface area contributed by atoms with Gasteiger partial charge in [-0.05, 0) is 30.5 Å². The van der Waals surface area contributed by atoms with E-state index in [9.17, 15) is 4.79 Å². The number of carbonyl (C=O) groups is 1. The van der Waals surface area contributed by atoms with E-state index in [1.807, 2.05) is 24.3 Å². The predicted molar refractivity (Wildman–Crippen MR) is 115 cm³/mol. The Morgan fingerprint density at radius 1 is 0.923 bits per heavy atom. The van der Waals surface area contributed by atoms with Crippen LogP contribution in [0, 0.1) is 5.92 Å². The first kappa shape index (κ1) is 23.5. The quantitative estimate of drug-likeness (QED) is 0.203. The fraction of sp³-hybridized carbons (Fsp3) is 0.696. The molecular weight excluding hydrogens is 363 g/mol. The molecule has 1 aromatic rings. The van der Waals surface area contributed by atoms with E-state index in [-0.39, 0.29) is 5.92 Å². The second-order valence-corrected chi connectivity index (χ2v) is 8.18. The van der Waals surface area contributed by atoms with Crippen molar-refractivity contribution < 1.29 is 4.79 Å². The Labute approximate surface area is 170 Å². The third kappa shape index (κ3) is 11.2. The Morgan fingerprint density at radius 2 is 1.50 bits per heavy atom. The summed E-state index contributed by atoms with van der Waals surface area (Å²) in [5.41, 5.74) is 1.09. The molecule has 1 nitrogen and oxygen atoms in total. The molecule has 1 rings (SSSR count). The molecule has 0 bridgehead atoms. The van der Waals surface area contributed by atoms with Crippen molar-refractivity contribution in [2.45, 2.75) is 90.4 Å². The van der Waals surface area contributed by atoms with E-state index >= 15 is 0 Å². The molecule has 0 amide bonds. The molecule has 0 fully saturated rings. The fourth-order valence-corrected chi connectivity index (χ4v) is 3.86. The molecule has 148 valence electrons. The van der Waals surface area contributed by atoms with Crippen molar-refractivity contribution in [1.29, 1.82) is 0 Å². The molecule has 0 saturated carbocycles. The lowest BCUT2D eigenvalue weighted by atomic mass is 9.93. The van der Waals surface area contributed by atoms with E-state index in [2.05, 4.69) is 6.92 Å². The summed E-state index contributed by atoms with van der Waals surface area (Å²) in [4.78, 5) is 12.4. The summed E-state index contributed by atoms with van der Waals surface area (Å²) in [5, 5.41) is 0.716. The summed E-state index contributed by atoms with van der Waals surface area (Å²) in [5.74, 6) is 0.609. The van der Waals surface area contributed by atoms with E-state index < -0.39 is 0 Å². The number of ketones is 1. The van der Waals surface area contributed by atoms with Gasteiger partial charge in [0.2, 0.25) is 0 Å². The number of halogens is 2. The number of carbonyl (C=O) groups excluding carboxylic acids is 1. The minimum atomic E-state index is -0.0849. The van der Waals surface area contributed by atoms with Gasteiger partial charge in [0.1, 0.15) is 5.78 Å². The zero-order valence-electron chi connectivity index (χ0n) is 16.5. The van der Waals surface area contributed by atoms with E-state index in [1.165, 1.54) is 57.8 Å². The maximum absolute atomic E-state index is 12.4. The second kappa shape index (κ2) is 15.5. The normalized spacial score (nSPS) is 12.3. The molecule has 0 aromatic heterocycles. The van der Waals surface area contributed by atoms with Crippen molar-refractivity contribution in [3.8, 4) is 0 Å². The van der Waals surface area contributed by atoms with E-state index in [0.29, 0.717) is 29.5 Å². The molecule has 0 aliphatic heterocycles. The average Bonchev–Trinajstić information content (AvgIpc) is 2.64. The molecule has 3 heteroatoms. The summed E-state index contributed by atoms with van der Waals surface area (Å²) < 4.78 is 0. The predicted octanol–water partition coefficient (Wildman–Crippen LogP) is 8.01. The minimum absolute atomic E-state index is 0.0849. The molecule has 0 heterocycles. The van der Waals surface area contributed by atoms with Crippen molar-refractivity contribution >= 4 is 29.0 Å². The van der Waals surface area contributed by atoms with Gasteiger partial charge in [-0.25, -0.2) is 0 Å². The molecule has 0 spiro atoms. The van der Waals surface area contributed by atoms with Crippen LogP contribution in [0.4, 0.5) is 0 Å². The zero-order valence-corrected chi connectivity index (χ0v) is 18.0. The first-order valence-corrected chi connectivity index (χ1v) is 11.4. The van der Waals surface area contributed by atoms with Crippen LogP contribution >= 0.6 is 23.2 Å². The van der Waals surface area contributed by atoms with Gasteiger partial charge in [-0.3, -0.25) is 4.79 Å². The highest BCUT2D eigenvalue weighted by Crippen LogP contribution is 2.19. The molecular formula is C23H36Cl2O. The molecule has 0 N–H and O–H groups in total. The summed E-state index contributed by atoms with van der Waals surface area (Å²) in [7, 11) is 0. The number of Topliss-reactive ketones (excluding diaryl/α,β-unsaturated/α-hetero) is 1. The Bertz CT molecular complexity index is 487. The highest BCUT2D eigenvalue weighted by molar-refractivity contribution is 6.30. The highest BCUT2D eigenvalue weighted by Gasteiger charge is 2.17. The van der Waals surface area contributed by atoms with Gasteiger partial charge in [-0.15, -0.1) is 11.6 Å². The number of benzene rings is 1. The largest absolute Gasteiger partial charge is 0.299 e. The number of rotatable bonds is 16. The molecule has 1 atom stereocenters. The van der Waals surface area contributed by atoms with Gasteiger partial charge in [-0.1, -0.05) is 94.9 Å². The van der Waals surface area contributed by atoms with Crippen LogP contribution in [0.3, 0.4) is 0 Å². The number of alkyl halides is 1. The van der Waals surface area contributed by atoms with Crippen LogP contribution in [0.25, 0.3) is 0 Å². The summed E-state index contributed by atoms with van der Waals surface area (Å²) in [6.07, 6.45) is 15.7. The van der Waals surface area contributed by atoms with Crippen LogP contribution in [0.1, 0.15) is 89.5 Å². The topological polar surface area (TPSA) is 17.1 Å². The van der Waals surface area contributed by atoms with Crippen LogP contribution in [0.15, 0.2) is 24.3 Å². The molecule has 1 aromatic carbocycles. The minimum Gasteiger partial charge on any atom is -0.299 e. The van der Waals surface area contributed by atoms with Crippen molar-refractivity contribution in [1.82, 2.24) is 0 Å². The first-order chi connectivity index (χ1) is 12.7. The van der Waals surface area contributed by atoms with E-state index in [1.54, 1.807) is 0 Å². The van der Waals surface area contributed by atoms with Gasteiger partial charge in [-0.2, -0.15) is 0 Å². The number of hydrogen-bond acceptors (Lipinski definition) is 1. The molecule has 0 aliphatic carbocycles. The van der Waals surface area contributed by atoms with Crippen LogP contribution in [0.2, 0.25) is 5.02 Å².